The Hall–Kier alpha value is -3.24. The average molecular weight is 692 g/mol. The molecule has 3 aromatic rings. The number of benzene rings is 2. The van der Waals surface area contributed by atoms with Crippen molar-refractivity contribution in [3.8, 4) is 11.5 Å². The number of hydrogen-bond donors (Lipinski definition) is 1. The van der Waals surface area contributed by atoms with Crippen molar-refractivity contribution in [1.29, 1.82) is 0 Å². The molecule has 7 nitrogen and oxygen atoms in total. The predicted octanol–water partition coefficient (Wildman–Crippen LogP) is 5.67. The second-order valence-electron chi connectivity index (χ2n) is 10.2. The molecule has 1 heterocycles. The van der Waals surface area contributed by atoms with Gasteiger partial charge in [-0.25, -0.2) is 9.97 Å². The number of ether oxygens (including phenoxy) is 2. The van der Waals surface area contributed by atoms with Crippen molar-refractivity contribution in [2.45, 2.75) is 77.3 Å². The van der Waals surface area contributed by atoms with E-state index in [-0.39, 0.29) is 79.5 Å². The Morgan fingerprint density at radius 1 is 0.851 bits per heavy atom. The van der Waals surface area contributed by atoms with Gasteiger partial charge in [0.05, 0.1) is 41.8 Å². The molecule has 0 radical (unpaired) electrons. The summed E-state index contributed by atoms with van der Waals surface area (Å²) in [5.41, 5.74) is -4.72. The first-order valence-electron chi connectivity index (χ1n) is 14.0. The van der Waals surface area contributed by atoms with Gasteiger partial charge in [0.1, 0.15) is 5.75 Å². The van der Waals surface area contributed by atoms with E-state index in [0.29, 0.717) is 25.0 Å². The van der Waals surface area contributed by atoms with Crippen molar-refractivity contribution < 1.29 is 89.9 Å². The van der Waals surface area contributed by atoms with Crippen molar-refractivity contribution >= 4 is 11.9 Å². The van der Waals surface area contributed by atoms with E-state index in [4.69, 9.17) is 14.6 Å². The number of aliphatic carboxylic acids is 1. The second kappa shape index (κ2) is 16.7. The van der Waals surface area contributed by atoms with E-state index in [1.165, 1.54) is 0 Å². The first-order chi connectivity index (χ1) is 21.4. The van der Waals surface area contributed by atoms with Crippen molar-refractivity contribution in [1.82, 2.24) is 9.97 Å². The molecule has 47 heavy (non-hydrogen) atoms. The molecule has 254 valence electrons. The van der Waals surface area contributed by atoms with Crippen LogP contribution in [0.3, 0.4) is 0 Å². The predicted molar refractivity (Wildman–Crippen MR) is 148 cm³/mol. The molecule has 1 aromatic heterocycles. The van der Waals surface area contributed by atoms with Gasteiger partial charge in [-0.3, -0.25) is 4.79 Å². The molecule has 0 aliphatic rings. The standard InChI is InChI=1S/C30H30F9N3O4.Na.H/c1-3-23(4-2)46-25-8-7-20(28(31,32)33)12-19(25)17-42(27-40-14-24(15-41-27)45-9-5-6-26(43)44)16-18-10-21(29(34,35)36)13-22(11-18)30(37,38)39;;/h7-8,10-15,23H,3-6,9,16-17H2,1-2H3,(H,43,44);;/q;+1;-1. The number of hydrogen-bond acceptors (Lipinski definition) is 6. The van der Waals surface area contributed by atoms with Crippen LogP contribution in [-0.4, -0.2) is 33.8 Å². The smallest absolute Gasteiger partial charge is 1.00 e. The van der Waals surface area contributed by atoms with Crippen molar-refractivity contribution in [2.75, 3.05) is 11.5 Å². The molecule has 0 amide bonds. The molecule has 0 saturated heterocycles. The van der Waals surface area contributed by atoms with Gasteiger partial charge in [0.15, 0.2) is 5.75 Å². The quantitative estimate of drug-likeness (QED) is 0.133. The molecule has 17 heteroatoms. The van der Waals surface area contributed by atoms with Gasteiger partial charge in [-0.2, -0.15) is 39.5 Å². The number of carboxylic acids is 1. The normalized spacial score (nSPS) is 12.1. The van der Waals surface area contributed by atoms with Gasteiger partial charge in [-0.1, -0.05) is 13.8 Å². The van der Waals surface area contributed by atoms with Crippen LogP contribution in [0, 0.1) is 0 Å². The van der Waals surface area contributed by atoms with Crippen LogP contribution < -0.4 is 43.9 Å². The summed E-state index contributed by atoms with van der Waals surface area (Å²) in [5, 5.41) is 8.75. The van der Waals surface area contributed by atoms with E-state index in [2.05, 4.69) is 9.97 Å². The van der Waals surface area contributed by atoms with Crippen LogP contribution in [0.5, 0.6) is 11.5 Å². The Bertz CT molecular complexity index is 1440. The van der Waals surface area contributed by atoms with Crippen molar-refractivity contribution in [3.63, 3.8) is 0 Å². The van der Waals surface area contributed by atoms with Crippen LogP contribution in [0.4, 0.5) is 45.5 Å². The number of carboxylic acid groups (broad SMARTS) is 1. The summed E-state index contributed by atoms with van der Waals surface area (Å²) >= 11 is 0. The number of halogens is 9. The maximum Gasteiger partial charge on any atom is 1.00 e. The zero-order valence-electron chi connectivity index (χ0n) is 26.6. The van der Waals surface area contributed by atoms with Crippen LogP contribution in [0.25, 0.3) is 0 Å². The number of alkyl halides is 9. The molecule has 0 saturated carbocycles. The fourth-order valence-electron chi connectivity index (χ4n) is 4.32. The zero-order valence-corrected chi connectivity index (χ0v) is 27.6. The molecule has 0 aliphatic carbocycles. The summed E-state index contributed by atoms with van der Waals surface area (Å²) in [5.74, 6) is -1.19. The molecule has 0 unspecified atom stereocenters. The number of carbonyl (C=O) groups is 1. The van der Waals surface area contributed by atoms with Crippen molar-refractivity contribution in [2.24, 2.45) is 0 Å². The van der Waals surface area contributed by atoms with E-state index >= 15 is 0 Å². The first-order valence-corrected chi connectivity index (χ1v) is 14.0. The summed E-state index contributed by atoms with van der Waals surface area (Å²) in [6, 6.07) is 3.69. The zero-order chi connectivity index (χ0) is 34.3. The maximum absolute atomic E-state index is 13.7. The van der Waals surface area contributed by atoms with Gasteiger partial charge >= 0.3 is 54.1 Å². The van der Waals surface area contributed by atoms with Gasteiger partial charge < -0.3 is 20.9 Å². The summed E-state index contributed by atoms with van der Waals surface area (Å²) in [7, 11) is 0. The van der Waals surface area contributed by atoms with E-state index in [9.17, 15) is 44.3 Å². The Morgan fingerprint density at radius 3 is 1.89 bits per heavy atom. The SMILES string of the molecule is CCC(CC)Oc1ccc(C(F)(F)F)cc1CN(Cc1cc(C(F)(F)F)cc(C(F)(F)F)c1)c1ncc(OCCCC(=O)O)cn1.[H-].[Na+]. The molecule has 0 atom stereocenters. The third-order valence-corrected chi connectivity index (χ3v) is 6.68. The summed E-state index contributed by atoms with van der Waals surface area (Å²) in [6.07, 6.45) is -12.2. The second-order valence-corrected chi connectivity index (χ2v) is 10.2. The number of nitrogens with zero attached hydrogens (tertiary/aromatic N) is 3. The average Bonchev–Trinajstić information content (AvgIpc) is 2.97. The van der Waals surface area contributed by atoms with Crippen LogP contribution in [0.15, 0.2) is 48.8 Å². The molecule has 0 aliphatic heterocycles. The Kier molecular flexibility index (Phi) is 14.2. The topological polar surface area (TPSA) is 84.8 Å². The Labute approximate surface area is 287 Å². The summed E-state index contributed by atoms with van der Waals surface area (Å²) < 4.78 is 134. The molecule has 3 rings (SSSR count). The molecule has 1 N–H and O–H groups in total. The fraction of sp³-hybridized carbons (Fsp3) is 0.433. The van der Waals surface area contributed by atoms with E-state index in [1.54, 1.807) is 13.8 Å². The number of aromatic nitrogens is 2. The van der Waals surface area contributed by atoms with Gasteiger partial charge in [0.25, 0.3) is 0 Å². The van der Waals surface area contributed by atoms with Crippen LogP contribution in [0.1, 0.15) is 68.8 Å². The fourth-order valence-corrected chi connectivity index (χ4v) is 4.32. The van der Waals surface area contributed by atoms with Gasteiger partial charge in [-0.05, 0) is 61.2 Å². The minimum atomic E-state index is -5.13. The largest absolute Gasteiger partial charge is 1.00 e. The minimum Gasteiger partial charge on any atom is -1.00 e. The van der Waals surface area contributed by atoms with E-state index in [1.807, 2.05) is 0 Å². The maximum atomic E-state index is 13.7. The Balaban J connectivity index is 0.00000576. The van der Waals surface area contributed by atoms with Gasteiger partial charge in [0, 0.05) is 25.1 Å². The molecular formula is C30H31F9N3NaO4. The van der Waals surface area contributed by atoms with Crippen molar-refractivity contribution in [3.05, 3.63) is 76.6 Å². The molecule has 0 fully saturated rings. The number of anilines is 1. The van der Waals surface area contributed by atoms with Gasteiger partial charge in [0.2, 0.25) is 5.95 Å². The minimum absolute atomic E-state index is 0. The third kappa shape index (κ3) is 12.1. The third-order valence-electron chi connectivity index (χ3n) is 6.68. The molecular weight excluding hydrogens is 660 g/mol. The molecule has 0 bridgehead atoms. The first kappa shape index (κ1) is 39.9. The molecule has 2 aromatic carbocycles. The Morgan fingerprint density at radius 2 is 1.40 bits per heavy atom. The van der Waals surface area contributed by atoms with E-state index < -0.39 is 65.9 Å². The van der Waals surface area contributed by atoms with E-state index in [0.717, 1.165) is 35.5 Å². The molecule has 0 spiro atoms. The van der Waals surface area contributed by atoms with Crippen LogP contribution >= 0.6 is 0 Å². The summed E-state index contributed by atoms with van der Waals surface area (Å²) in [4.78, 5) is 20.0. The number of rotatable bonds is 14. The monoisotopic (exact) mass is 691 g/mol. The van der Waals surface area contributed by atoms with Crippen LogP contribution in [-0.2, 0) is 36.4 Å². The van der Waals surface area contributed by atoms with Gasteiger partial charge in [-0.15, -0.1) is 0 Å². The van der Waals surface area contributed by atoms with Crippen LogP contribution in [0.2, 0.25) is 0 Å². The summed E-state index contributed by atoms with van der Waals surface area (Å²) in [6.45, 7) is 2.40.